The number of nitrogens with zero attached hydrogens (tertiary/aromatic N) is 1. The molecule has 2 rings (SSSR count). The zero-order chi connectivity index (χ0) is 11.1. The Bertz CT molecular complexity index is 627. The van der Waals surface area contributed by atoms with E-state index in [0.717, 1.165) is 6.07 Å². The number of fused-ring (bicyclic) bond motifs is 1. The fourth-order valence-corrected chi connectivity index (χ4v) is 2.05. The van der Waals surface area contributed by atoms with Gasteiger partial charge in [-0.2, -0.15) is 0 Å². The number of hydrogen-bond donors (Lipinski definition) is 0. The van der Waals surface area contributed by atoms with Crippen LogP contribution in [0.1, 0.15) is 0 Å². The zero-order valence-corrected chi connectivity index (χ0v) is 8.89. The van der Waals surface area contributed by atoms with Crippen molar-refractivity contribution in [3.8, 4) is 0 Å². The molecule has 78 valence electrons. The number of pyridine rings is 1. The van der Waals surface area contributed by atoms with Crippen LogP contribution in [0.4, 0.5) is 4.39 Å². The van der Waals surface area contributed by atoms with Crippen molar-refractivity contribution < 1.29 is 12.8 Å². The summed E-state index contributed by atoms with van der Waals surface area (Å²) in [7, 11) is 1.22. The number of rotatable bonds is 1. The molecule has 0 aliphatic carbocycles. The first-order valence-electron chi connectivity index (χ1n) is 3.96. The van der Waals surface area contributed by atoms with Crippen LogP contribution in [-0.2, 0) is 9.05 Å². The Kier molecular flexibility index (Phi) is 2.36. The van der Waals surface area contributed by atoms with Crippen LogP contribution >= 0.6 is 10.7 Å². The Labute approximate surface area is 89.9 Å². The highest BCUT2D eigenvalue weighted by Gasteiger charge is 2.13. The molecule has 0 amide bonds. The summed E-state index contributed by atoms with van der Waals surface area (Å²) < 4.78 is 35.4. The molecular weight excluding hydrogens is 241 g/mol. The molecule has 15 heavy (non-hydrogen) atoms. The minimum atomic E-state index is -3.90. The summed E-state index contributed by atoms with van der Waals surface area (Å²) in [6.45, 7) is 0. The summed E-state index contributed by atoms with van der Waals surface area (Å²) in [6.07, 6.45) is 2.78. The molecule has 0 bridgehead atoms. The number of halogens is 2. The highest BCUT2D eigenvalue weighted by atomic mass is 35.7. The van der Waals surface area contributed by atoms with Gasteiger partial charge in [0.25, 0.3) is 9.05 Å². The molecule has 6 heteroatoms. The summed E-state index contributed by atoms with van der Waals surface area (Å²) in [5.41, 5.74) is 0. The lowest BCUT2D eigenvalue weighted by molar-refractivity contribution is 0.605. The molecule has 0 aliphatic rings. The first kappa shape index (κ1) is 10.3. The van der Waals surface area contributed by atoms with E-state index in [9.17, 15) is 12.8 Å². The molecule has 0 N–H and O–H groups in total. The van der Waals surface area contributed by atoms with Crippen LogP contribution in [0, 0.1) is 5.82 Å². The van der Waals surface area contributed by atoms with Crippen molar-refractivity contribution >= 4 is 30.5 Å². The third-order valence-electron chi connectivity index (χ3n) is 1.96. The molecule has 0 radical (unpaired) electrons. The van der Waals surface area contributed by atoms with Crippen molar-refractivity contribution in [1.82, 2.24) is 4.98 Å². The molecule has 2 aromatic rings. The lowest BCUT2D eigenvalue weighted by atomic mass is 10.2. The second kappa shape index (κ2) is 3.43. The zero-order valence-electron chi connectivity index (χ0n) is 7.31. The summed E-state index contributed by atoms with van der Waals surface area (Å²) in [4.78, 5) is 3.49. The standard InChI is InChI=1S/C9H5ClFNO2S/c10-15(13,14)7-3-6-1-2-12-5-8(6)9(11)4-7/h1-5H. The van der Waals surface area contributed by atoms with Crippen molar-refractivity contribution in [3.63, 3.8) is 0 Å². The molecule has 0 spiro atoms. The van der Waals surface area contributed by atoms with Crippen molar-refractivity contribution in [1.29, 1.82) is 0 Å². The molecule has 3 nitrogen and oxygen atoms in total. The molecule has 1 heterocycles. The van der Waals surface area contributed by atoms with Crippen LogP contribution in [0.15, 0.2) is 35.5 Å². The topological polar surface area (TPSA) is 47.0 Å². The normalized spacial score (nSPS) is 11.9. The SMILES string of the molecule is O=S(=O)(Cl)c1cc(F)c2cnccc2c1. The predicted octanol–water partition coefficient (Wildman–Crippen LogP) is 2.30. The Morgan fingerprint density at radius 3 is 2.73 bits per heavy atom. The van der Waals surface area contributed by atoms with Gasteiger partial charge < -0.3 is 0 Å². The van der Waals surface area contributed by atoms with Gasteiger partial charge in [-0.05, 0) is 23.6 Å². The molecule has 1 aromatic carbocycles. The van der Waals surface area contributed by atoms with Gasteiger partial charge in [0.1, 0.15) is 5.82 Å². The monoisotopic (exact) mass is 245 g/mol. The fourth-order valence-electron chi connectivity index (χ4n) is 1.27. The Morgan fingerprint density at radius 1 is 1.33 bits per heavy atom. The molecule has 0 atom stereocenters. The maximum absolute atomic E-state index is 13.4. The molecule has 1 aromatic heterocycles. The fraction of sp³-hybridized carbons (Fsp3) is 0. The van der Waals surface area contributed by atoms with Crippen LogP contribution < -0.4 is 0 Å². The third kappa shape index (κ3) is 1.93. The largest absolute Gasteiger partial charge is 0.264 e. The van der Waals surface area contributed by atoms with Gasteiger partial charge in [-0.25, -0.2) is 12.8 Å². The maximum atomic E-state index is 13.4. The van der Waals surface area contributed by atoms with Gasteiger partial charge in [-0.3, -0.25) is 4.98 Å². The minimum Gasteiger partial charge on any atom is -0.264 e. The molecule has 0 saturated carbocycles. The summed E-state index contributed by atoms with van der Waals surface area (Å²) in [5.74, 6) is -0.653. The van der Waals surface area contributed by atoms with E-state index < -0.39 is 14.9 Å². The summed E-state index contributed by atoms with van der Waals surface area (Å²) >= 11 is 0. The summed E-state index contributed by atoms with van der Waals surface area (Å²) in [5, 5.41) is 0.714. The van der Waals surface area contributed by atoms with Crippen molar-refractivity contribution in [2.75, 3.05) is 0 Å². The van der Waals surface area contributed by atoms with Crippen molar-refractivity contribution in [3.05, 3.63) is 36.4 Å². The highest BCUT2D eigenvalue weighted by Crippen LogP contribution is 2.23. The first-order valence-corrected chi connectivity index (χ1v) is 6.27. The number of benzene rings is 1. The Balaban J connectivity index is 2.85. The quantitative estimate of drug-likeness (QED) is 0.725. The van der Waals surface area contributed by atoms with E-state index in [1.165, 1.54) is 24.5 Å². The van der Waals surface area contributed by atoms with Crippen LogP contribution in [0.3, 0.4) is 0 Å². The van der Waals surface area contributed by atoms with Gasteiger partial charge in [0.05, 0.1) is 4.90 Å². The number of hydrogen-bond acceptors (Lipinski definition) is 3. The Morgan fingerprint density at radius 2 is 2.07 bits per heavy atom. The van der Waals surface area contributed by atoms with E-state index in [0.29, 0.717) is 5.39 Å². The van der Waals surface area contributed by atoms with E-state index >= 15 is 0 Å². The average molecular weight is 246 g/mol. The lowest BCUT2D eigenvalue weighted by Gasteiger charge is -2.01. The first-order chi connectivity index (χ1) is 6.98. The highest BCUT2D eigenvalue weighted by molar-refractivity contribution is 8.13. The second-order valence-corrected chi connectivity index (χ2v) is 5.51. The van der Waals surface area contributed by atoms with E-state index in [2.05, 4.69) is 4.98 Å². The van der Waals surface area contributed by atoms with Crippen LogP contribution in [0.5, 0.6) is 0 Å². The van der Waals surface area contributed by atoms with Gasteiger partial charge in [0, 0.05) is 28.5 Å². The van der Waals surface area contributed by atoms with Gasteiger partial charge in [0.2, 0.25) is 0 Å². The van der Waals surface area contributed by atoms with Crippen LogP contribution in [0.25, 0.3) is 10.8 Å². The summed E-state index contributed by atoms with van der Waals surface area (Å²) in [6, 6.07) is 3.71. The van der Waals surface area contributed by atoms with E-state index in [1.54, 1.807) is 0 Å². The van der Waals surface area contributed by atoms with Crippen molar-refractivity contribution in [2.24, 2.45) is 0 Å². The van der Waals surface area contributed by atoms with Gasteiger partial charge in [-0.1, -0.05) is 0 Å². The third-order valence-corrected chi connectivity index (χ3v) is 3.29. The molecule has 0 fully saturated rings. The predicted molar refractivity (Wildman–Crippen MR) is 54.7 cm³/mol. The minimum absolute atomic E-state index is 0.250. The van der Waals surface area contributed by atoms with Crippen LogP contribution in [0.2, 0.25) is 0 Å². The van der Waals surface area contributed by atoms with Crippen LogP contribution in [-0.4, -0.2) is 13.4 Å². The Hall–Kier alpha value is -1.20. The van der Waals surface area contributed by atoms with Crippen molar-refractivity contribution in [2.45, 2.75) is 4.90 Å². The van der Waals surface area contributed by atoms with Gasteiger partial charge >= 0.3 is 0 Å². The number of aromatic nitrogens is 1. The molecule has 0 unspecified atom stereocenters. The smallest absolute Gasteiger partial charge is 0.261 e. The molecular formula is C9H5ClFNO2S. The molecule has 0 saturated heterocycles. The van der Waals surface area contributed by atoms with Gasteiger partial charge in [-0.15, -0.1) is 0 Å². The average Bonchev–Trinajstić information content (AvgIpc) is 2.16. The maximum Gasteiger partial charge on any atom is 0.261 e. The van der Waals surface area contributed by atoms with Gasteiger partial charge in [0.15, 0.2) is 0 Å². The molecule has 0 aliphatic heterocycles. The van der Waals surface area contributed by atoms with E-state index in [1.807, 2.05) is 0 Å². The lowest BCUT2D eigenvalue weighted by Crippen LogP contribution is -1.93. The van der Waals surface area contributed by atoms with E-state index in [-0.39, 0.29) is 10.3 Å². The second-order valence-electron chi connectivity index (χ2n) is 2.94. The van der Waals surface area contributed by atoms with E-state index in [4.69, 9.17) is 10.7 Å².